The fourth-order valence-corrected chi connectivity index (χ4v) is 1.29. The largest absolute Gasteiger partial charge is 0.460 e. The van der Waals surface area contributed by atoms with Gasteiger partial charge in [-0.15, -0.1) is 0 Å². The van der Waals surface area contributed by atoms with E-state index < -0.39 is 0 Å². The molecule has 0 fully saturated rings. The summed E-state index contributed by atoms with van der Waals surface area (Å²) in [5.74, 6) is -0.212. The van der Waals surface area contributed by atoms with E-state index in [1.165, 1.54) is 0 Å². The topological polar surface area (TPSA) is 26.3 Å². The van der Waals surface area contributed by atoms with Crippen LogP contribution in [0.2, 0.25) is 0 Å². The maximum atomic E-state index is 11.7. The summed E-state index contributed by atoms with van der Waals surface area (Å²) in [7, 11) is 0. The predicted molar refractivity (Wildman–Crippen MR) is 68.4 cm³/mol. The number of hydrogen-bond donors (Lipinski definition) is 0. The molecule has 88 valence electrons. The van der Waals surface area contributed by atoms with Crippen molar-refractivity contribution in [3.63, 3.8) is 0 Å². The lowest BCUT2D eigenvalue weighted by atomic mass is 9.92. The molecule has 1 rings (SSSR count). The van der Waals surface area contributed by atoms with E-state index in [9.17, 15) is 4.79 Å². The number of hydrogen-bond acceptors (Lipinski definition) is 2. The van der Waals surface area contributed by atoms with E-state index in [0.29, 0.717) is 6.61 Å². The Labute approximate surface area is 105 Å². The van der Waals surface area contributed by atoms with Crippen LogP contribution in [0.1, 0.15) is 26.3 Å². The Bertz CT molecular complexity index is 341. The second-order valence-electron chi connectivity index (χ2n) is 4.82. The van der Waals surface area contributed by atoms with Crippen LogP contribution in [0.5, 0.6) is 0 Å². The molecule has 0 aliphatic carbocycles. The Kier molecular flexibility index (Phi) is 4.54. The predicted octanol–water partition coefficient (Wildman–Crippen LogP) is 3.54. The first-order valence-electron chi connectivity index (χ1n) is 5.26. The summed E-state index contributed by atoms with van der Waals surface area (Å²) in [6.45, 7) is 6.32. The molecule has 0 spiro atoms. The summed E-state index contributed by atoms with van der Waals surface area (Å²) < 4.78 is 5.23. The van der Waals surface area contributed by atoms with Crippen molar-refractivity contribution in [3.05, 3.63) is 35.9 Å². The molecule has 3 heteroatoms. The third kappa shape index (κ3) is 3.97. The van der Waals surface area contributed by atoms with Crippen LogP contribution in [0.25, 0.3) is 0 Å². The van der Waals surface area contributed by atoms with E-state index >= 15 is 0 Å². The van der Waals surface area contributed by atoms with E-state index in [1.54, 1.807) is 0 Å². The second-order valence-corrected chi connectivity index (χ2v) is 5.74. The summed E-state index contributed by atoms with van der Waals surface area (Å²) >= 11 is 3.36. The molecule has 0 heterocycles. The third-order valence-electron chi connectivity index (χ3n) is 2.19. The van der Waals surface area contributed by atoms with Crippen LogP contribution in [0.15, 0.2) is 30.3 Å². The number of esters is 1. The zero-order chi connectivity index (χ0) is 12.2. The van der Waals surface area contributed by atoms with Gasteiger partial charge in [0.05, 0.1) is 0 Å². The van der Waals surface area contributed by atoms with Gasteiger partial charge in [0.1, 0.15) is 11.4 Å². The van der Waals surface area contributed by atoms with Crippen LogP contribution < -0.4 is 0 Å². The van der Waals surface area contributed by atoms with Crippen molar-refractivity contribution >= 4 is 21.9 Å². The van der Waals surface area contributed by atoms with Crippen molar-refractivity contribution < 1.29 is 9.53 Å². The number of halogens is 1. The number of alkyl halides is 1. The molecule has 16 heavy (non-hydrogen) atoms. The molecule has 0 N–H and O–H groups in total. The molecular formula is C13H17BrO2. The highest BCUT2D eigenvalue weighted by Gasteiger charge is 2.29. The molecule has 0 radical (unpaired) electrons. The smallest absolute Gasteiger partial charge is 0.320 e. The monoisotopic (exact) mass is 284 g/mol. The number of carbonyl (C=O) groups is 1. The van der Waals surface area contributed by atoms with Gasteiger partial charge < -0.3 is 4.74 Å². The zero-order valence-electron chi connectivity index (χ0n) is 9.87. The van der Waals surface area contributed by atoms with Crippen LogP contribution in [-0.4, -0.2) is 10.8 Å². The van der Waals surface area contributed by atoms with Gasteiger partial charge in [0.15, 0.2) is 0 Å². The quantitative estimate of drug-likeness (QED) is 0.627. The molecule has 0 bridgehead atoms. The average molecular weight is 285 g/mol. The van der Waals surface area contributed by atoms with Gasteiger partial charge in [-0.3, -0.25) is 4.79 Å². The van der Waals surface area contributed by atoms with Gasteiger partial charge in [-0.05, 0) is 11.0 Å². The van der Waals surface area contributed by atoms with Crippen molar-refractivity contribution in [2.24, 2.45) is 5.41 Å². The van der Waals surface area contributed by atoms with Crippen molar-refractivity contribution in [1.29, 1.82) is 0 Å². The van der Waals surface area contributed by atoms with Crippen molar-refractivity contribution in [2.45, 2.75) is 32.2 Å². The maximum Gasteiger partial charge on any atom is 0.320 e. The number of benzene rings is 1. The lowest BCUT2D eigenvalue weighted by Gasteiger charge is -2.23. The Hall–Kier alpha value is -0.830. The van der Waals surface area contributed by atoms with Gasteiger partial charge in [0.25, 0.3) is 0 Å². The molecule has 1 atom stereocenters. The molecular weight excluding hydrogens is 268 g/mol. The van der Waals surface area contributed by atoms with Gasteiger partial charge in [0, 0.05) is 0 Å². The Morgan fingerprint density at radius 3 is 2.38 bits per heavy atom. The highest BCUT2D eigenvalue weighted by Crippen LogP contribution is 2.27. The van der Waals surface area contributed by atoms with Gasteiger partial charge in [0.2, 0.25) is 0 Å². The van der Waals surface area contributed by atoms with E-state index in [0.717, 1.165) is 5.56 Å². The first-order chi connectivity index (χ1) is 7.41. The van der Waals surface area contributed by atoms with E-state index in [2.05, 4.69) is 15.9 Å². The maximum absolute atomic E-state index is 11.7. The van der Waals surface area contributed by atoms with Crippen LogP contribution in [-0.2, 0) is 16.1 Å². The van der Waals surface area contributed by atoms with E-state index in [4.69, 9.17) is 4.74 Å². The lowest BCUT2D eigenvalue weighted by molar-refractivity contribution is -0.146. The summed E-state index contributed by atoms with van der Waals surface area (Å²) in [6.07, 6.45) is 0. The molecule has 0 saturated heterocycles. The highest BCUT2D eigenvalue weighted by molar-refractivity contribution is 9.10. The standard InChI is InChI=1S/C13H17BrO2/c1-13(2,3)11(14)12(15)16-9-10-7-5-4-6-8-10/h4-8,11H,9H2,1-3H3. The number of carbonyl (C=O) groups excluding carboxylic acids is 1. The molecule has 0 aliphatic rings. The summed E-state index contributed by atoms with van der Waals surface area (Å²) in [5.41, 5.74) is 0.873. The molecule has 0 aromatic heterocycles. The number of ether oxygens (including phenoxy) is 1. The minimum Gasteiger partial charge on any atom is -0.460 e. The van der Waals surface area contributed by atoms with E-state index in [1.807, 2.05) is 51.1 Å². The molecule has 0 saturated carbocycles. The highest BCUT2D eigenvalue weighted by atomic mass is 79.9. The minimum absolute atomic E-state index is 0.131. The first kappa shape index (κ1) is 13.2. The van der Waals surface area contributed by atoms with Gasteiger partial charge in [-0.1, -0.05) is 67.0 Å². The normalized spacial score (nSPS) is 13.2. The second kappa shape index (κ2) is 5.48. The van der Waals surface area contributed by atoms with Gasteiger partial charge in [-0.25, -0.2) is 0 Å². The van der Waals surface area contributed by atoms with Crippen molar-refractivity contribution in [3.8, 4) is 0 Å². The summed E-state index contributed by atoms with van der Waals surface area (Å²) in [4.78, 5) is 11.4. The van der Waals surface area contributed by atoms with Gasteiger partial charge in [-0.2, -0.15) is 0 Å². The van der Waals surface area contributed by atoms with Gasteiger partial charge >= 0.3 is 5.97 Å². The zero-order valence-corrected chi connectivity index (χ0v) is 11.5. The van der Waals surface area contributed by atoms with Crippen LogP contribution in [0, 0.1) is 5.41 Å². The van der Waals surface area contributed by atoms with Crippen LogP contribution in [0.4, 0.5) is 0 Å². The Balaban J connectivity index is 2.48. The van der Waals surface area contributed by atoms with Crippen molar-refractivity contribution in [2.75, 3.05) is 0 Å². The molecule has 1 unspecified atom stereocenters. The summed E-state index contributed by atoms with van der Waals surface area (Å²) in [6, 6.07) is 9.67. The molecule has 2 nitrogen and oxygen atoms in total. The molecule has 0 aliphatic heterocycles. The minimum atomic E-state index is -0.274. The fraction of sp³-hybridized carbons (Fsp3) is 0.462. The van der Waals surface area contributed by atoms with Crippen LogP contribution >= 0.6 is 15.9 Å². The number of rotatable bonds is 3. The fourth-order valence-electron chi connectivity index (χ4n) is 1.16. The Morgan fingerprint density at radius 1 is 1.31 bits per heavy atom. The molecule has 1 aromatic rings. The summed E-state index contributed by atoms with van der Waals surface area (Å²) in [5, 5.41) is 0. The van der Waals surface area contributed by atoms with Crippen molar-refractivity contribution in [1.82, 2.24) is 0 Å². The molecule has 0 amide bonds. The molecule has 1 aromatic carbocycles. The first-order valence-corrected chi connectivity index (χ1v) is 6.17. The average Bonchev–Trinajstić information content (AvgIpc) is 2.25. The third-order valence-corrected chi connectivity index (χ3v) is 3.94. The van der Waals surface area contributed by atoms with Crippen LogP contribution in [0.3, 0.4) is 0 Å². The van der Waals surface area contributed by atoms with E-state index in [-0.39, 0.29) is 16.2 Å². The SMILES string of the molecule is CC(C)(C)C(Br)C(=O)OCc1ccccc1. The lowest BCUT2D eigenvalue weighted by Crippen LogP contribution is -2.30. The Morgan fingerprint density at radius 2 is 1.88 bits per heavy atom.